The zero-order valence-electron chi connectivity index (χ0n) is 15.5. The molecule has 0 aliphatic heterocycles. The van der Waals surface area contributed by atoms with Crippen LogP contribution in [-0.2, 0) is 22.6 Å². The average Bonchev–Trinajstić information content (AvgIpc) is 2.65. The Hall–Kier alpha value is -2.04. The Morgan fingerprint density at radius 1 is 1.11 bits per heavy atom. The van der Waals surface area contributed by atoms with Crippen molar-refractivity contribution in [2.45, 2.75) is 39.3 Å². The molecule has 0 saturated heterocycles. The minimum Gasteiger partial charge on any atom is -0.354 e. The predicted molar refractivity (Wildman–Crippen MR) is 110 cm³/mol. The van der Waals surface area contributed by atoms with Crippen LogP contribution in [0.15, 0.2) is 48.5 Å². The normalized spacial score (nSPS) is 11.7. The number of carbonyl (C=O) groups excluding carboxylic acids is 2. The molecule has 2 rings (SSSR count). The largest absolute Gasteiger partial charge is 0.354 e. The Bertz CT molecular complexity index is 795. The minimum atomic E-state index is -0.606. The summed E-state index contributed by atoms with van der Waals surface area (Å²) < 4.78 is 0. The minimum absolute atomic E-state index is 0.131. The van der Waals surface area contributed by atoms with Crippen LogP contribution >= 0.6 is 23.2 Å². The van der Waals surface area contributed by atoms with Gasteiger partial charge in [-0.25, -0.2) is 0 Å². The van der Waals surface area contributed by atoms with Crippen molar-refractivity contribution in [3.63, 3.8) is 0 Å². The van der Waals surface area contributed by atoms with E-state index < -0.39 is 6.04 Å². The van der Waals surface area contributed by atoms with Gasteiger partial charge in [0.05, 0.1) is 6.42 Å². The van der Waals surface area contributed by atoms with Gasteiger partial charge in [-0.15, -0.1) is 0 Å². The van der Waals surface area contributed by atoms with Gasteiger partial charge in [0.1, 0.15) is 6.04 Å². The van der Waals surface area contributed by atoms with Gasteiger partial charge in [0, 0.05) is 23.1 Å². The van der Waals surface area contributed by atoms with Crippen molar-refractivity contribution < 1.29 is 9.59 Å². The molecule has 2 aromatic carbocycles. The van der Waals surface area contributed by atoms with Crippen molar-refractivity contribution in [2.75, 3.05) is 6.54 Å². The molecule has 2 aromatic rings. The third-order valence-electron chi connectivity index (χ3n) is 4.26. The number of benzene rings is 2. The summed E-state index contributed by atoms with van der Waals surface area (Å²) in [5, 5.41) is 3.99. The number of halogens is 2. The molecule has 6 heteroatoms. The maximum absolute atomic E-state index is 13.0. The Morgan fingerprint density at radius 3 is 2.52 bits per heavy atom. The summed E-state index contributed by atoms with van der Waals surface area (Å²) in [4.78, 5) is 27.1. The van der Waals surface area contributed by atoms with Gasteiger partial charge in [-0.3, -0.25) is 9.59 Å². The van der Waals surface area contributed by atoms with Gasteiger partial charge in [-0.2, -0.15) is 0 Å². The smallest absolute Gasteiger partial charge is 0.242 e. The molecule has 27 heavy (non-hydrogen) atoms. The first-order valence-corrected chi connectivity index (χ1v) is 9.73. The number of hydrogen-bond acceptors (Lipinski definition) is 2. The Morgan fingerprint density at radius 2 is 1.85 bits per heavy atom. The Labute approximate surface area is 170 Å². The summed E-state index contributed by atoms with van der Waals surface area (Å²) >= 11 is 12.3. The van der Waals surface area contributed by atoms with Crippen LogP contribution in [0.2, 0.25) is 10.0 Å². The van der Waals surface area contributed by atoms with Crippen LogP contribution in [0.1, 0.15) is 31.4 Å². The maximum Gasteiger partial charge on any atom is 0.242 e. The van der Waals surface area contributed by atoms with E-state index in [0.717, 1.165) is 17.5 Å². The highest BCUT2D eigenvalue weighted by Crippen LogP contribution is 2.19. The first-order chi connectivity index (χ1) is 12.9. The van der Waals surface area contributed by atoms with Crippen molar-refractivity contribution in [3.05, 3.63) is 69.7 Å². The van der Waals surface area contributed by atoms with Crippen LogP contribution in [0.25, 0.3) is 0 Å². The fourth-order valence-electron chi connectivity index (χ4n) is 2.72. The van der Waals surface area contributed by atoms with Gasteiger partial charge in [-0.1, -0.05) is 60.5 Å². The van der Waals surface area contributed by atoms with E-state index >= 15 is 0 Å². The van der Waals surface area contributed by atoms with Crippen LogP contribution < -0.4 is 5.32 Å². The Balaban J connectivity index is 2.23. The van der Waals surface area contributed by atoms with Gasteiger partial charge >= 0.3 is 0 Å². The molecule has 0 aliphatic rings. The monoisotopic (exact) mass is 406 g/mol. The lowest BCUT2D eigenvalue weighted by Crippen LogP contribution is -2.48. The van der Waals surface area contributed by atoms with Crippen LogP contribution in [0, 0.1) is 0 Å². The van der Waals surface area contributed by atoms with Crippen LogP contribution in [0.4, 0.5) is 0 Å². The highest BCUT2D eigenvalue weighted by Gasteiger charge is 2.26. The van der Waals surface area contributed by atoms with E-state index in [1.54, 1.807) is 30.0 Å². The van der Waals surface area contributed by atoms with Gasteiger partial charge in [-0.05, 0) is 42.7 Å². The summed E-state index contributed by atoms with van der Waals surface area (Å²) in [5.74, 6) is -0.339. The van der Waals surface area contributed by atoms with E-state index in [-0.39, 0.29) is 18.2 Å². The second-order valence-electron chi connectivity index (χ2n) is 6.39. The number of amides is 2. The zero-order valence-corrected chi connectivity index (χ0v) is 17.1. The molecule has 4 nitrogen and oxygen atoms in total. The van der Waals surface area contributed by atoms with Crippen molar-refractivity contribution >= 4 is 35.0 Å². The molecule has 0 bridgehead atoms. The summed E-state index contributed by atoms with van der Waals surface area (Å²) in [6.07, 6.45) is 0.964. The van der Waals surface area contributed by atoms with Gasteiger partial charge in [0.2, 0.25) is 11.8 Å². The molecule has 2 amide bonds. The van der Waals surface area contributed by atoms with E-state index in [9.17, 15) is 9.59 Å². The van der Waals surface area contributed by atoms with Crippen molar-refractivity contribution in [1.29, 1.82) is 0 Å². The van der Waals surface area contributed by atoms with Crippen LogP contribution in [0.5, 0.6) is 0 Å². The fourth-order valence-corrected chi connectivity index (χ4v) is 3.13. The standard InChI is InChI=1S/C21H24Cl2N2O2/c1-3-11-24-21(27)15(2)25(14-16-7-6-9-18(22)12-16)20(26)13-17-8-4-5-10-19(17)23/h4-10,12,15H,3,11,13-14H2,1-2H3,(H,24,27). The highest BCUT2D eigenvalue weighted by molar-refractivity contribution is 6.31. The summed E-state index contributed by atoms with van der Waals surface area (Å²) in [6, 6.07) is 13.9. The second kappa shape index (κ2) is 10.3. The quantitative estimate of drug-likeness (QED) is 0.702. The number of nitrogens with one attached hydrogen (secondary N) is 1. The van der Waals surface area contributed by atoms with E-state index in [4.69, 9.17) is 23.2 Å². The van der Waals surface area contributed by atoms with Crippen LogP contribution in [0.3, 0.4) is 0 Å². The molecule has 0 aliphatic carbocycles. The van der Waals surface area contributed by atoms with E-state index in [1.807, 2.05) is 37.3 Å². The van der Waals surface area contributed by atoms with E-state index in [1.165, 1.54) is 0 Å². The molecule has 0 spiro atoms. The predicted octanol–water partition coefficient (Wildman–Crippen LogP) is 4.48. The van der Waals surface area contributed by atoms with E-state index in [2.05, 4.69) is 5.32 Å². The van der Waals surface area contributed by atoms with Crippen molar-refractivity contribution in [3.8, 4) is 0 Å². The van der Waals surface area contributed by atoms with E-state index in [0.29, 0.717) is 23.1 Å². The number of nitrogens with zero attached hydrogens (tertiary/aromatic N) is 1. The molecule has 0 saturated carbocycles. The summed E-state index contributed by atoms with van der Waals surface area (Å²) in [5.41, 5.74) is 1.60. The molecule has 144 valence electrons. The molecular weight excluding hydrogens is 383 g/mol. The lowest BCUT2D eigenvalue weighted by molar-refractivity contribution is -0.140. The van der Waals surface area contributed by atoms with Gasteiger partial charge in [0.15, 0.2) is 0 Å². The number of carbonyl (C=O) groups is 2. The molecule has 1 atom stereocenters. The highest BCUT2D eigenvalue weighted by atomic mass is 35.5. The summed E-state index contributed by atoms with van der Waals surface area (Å²) in [6.45, 7) is 4.59. The maximum atomic E-state index is 13.0. The molecule has 0 aromatic heterocycles. The van der Waals surface area contributed by atoms with Crippen molar-refractivity contribution in [1.82, 2.24) is 10.2 Å². The fraction of sp³-hybridized carbons (Fsp3) is 0.333. The molecule has 1 N–H and O–H groups in total. The molecule has 0 radical (unpaired) electrons. The molecular formula is C21H24Cl2N2O2. The van der Waals surface area contributed by atoms with Gasteiger partial charge < -0.3 is 10.2 Å². The second-order valence-corrected chi connectivity index (χ2v) is 7.23. The SMILES string of the molecule is CCCNC(=O)C(C)N(Cc1cccc(Cl)c1)C(=O)Cc1ccccc1Cl. The third kappa shape index (κ3) is 6.26. The average molecular weight is 407 g/mol. The topological polar surface area (TPSA) is 49.4 Å². The summed E-state index contributed by atoms with van der Waals surface area (Å²) in [7, 11) is 0. The third-order valence-corrected chi connectivity index (χ3v) is 4.86. The van der Waals surface area contributed by atoms with Gasteiger partial charge in [0.25, 0.3) is 0 Å². The molecule has 0 fully saturated rings. The first kappa shape index (κ1) is 21.3. The Kier molecular flexibility index (Phi) is 8.14. The number of hydrogen-bond donors (Lipinski definition) is 1. The lowest BCUT2D eigenvalue weighted by Gasteiger charge is -2.29. The molecule has 0 heterocycles. The van der Waals surface area contributed by atoms with Crippen LogP contribution in [-0.4, -0.2) is 29.3 Å². The zero-order chi connectivity index (χ0) is 19.8. The van der Waals surface area contributed by atoms with Crippen molar-refractivity contribution in [2.24, 2.45) is 0 Å². The first-order valence-electron chi connectivity index (χ1n) is 8.97. The molecule has 1 unspecified atom stereocenters. The number of rotatable bonds is 8. The lowest BCUT2D eigenvalue weighted by atomic mass is 10.1.